The second kappa shape index (κ2) is 6.16. The van der Waals surface area contributed by atoms with Crippen molar-refractivity contribution in [2.45, 2.75) is 6.42 Å². The van der Waals surface area contributed by atoms with E-state index in [9.17, 15) is 0 Å². The topological polar surface area (TPSA) is 12.0 Å². The van der Waals surface area contributed by atoms with Gasteiger partial charge in [0.2, 0.25) is 0 Å². The van der Waals surface area contributed by atoms with Crippen molar-refractivity contribution in [2.75, 3.05) is 6.54 Å². The minimum atomic E-state index is 0.821. The van der Waals surface area contributed by atoms with E-state index in [1.165, 1.54) is 5.56 Å². The third-order valence-electron chi connectivity index (χ3n) is 2.58. The van der Waals surface area contributed by atoms with Crippen LogP contribution in [0.15, 0.2) is 60.7 Å². The second-order valence-electron chi connectivity index (χ2n) is 3.86. The molecule has 0 unspecified atom stereocenters. The molecule has 1 nitrogen and oxygen atoms in total. The van der Waals surface area contributed by atoms with E-state index in [-0.39, 0.29) is 0 Å². The Morgan fingerprint density at radius 1 is 0.882 bits per heavy atom. The maximum Gasteiger partial charge on any atom is 0.106 e. The molecular formula is C15H15NS. The molecule has 0 bridgehead atoms. The molecule has 0 fully saturated rings. The van der Waals surface area contributed by atoms with Crippen molar-refractivity contribution in [3.05, 3.63) is 71.8 Å². The van der Waals surface area contributed by atoms with Gasteiger partial charge in [-0.2, -0.15) is 0 Å². The monoisotopic (exact) mass is 241 g/mol. The minimum absolute atomic E-state index is 0.821. The van der Waals surface area contributed by atoms with Crippen molar-refractivity contribution in [2.24, 2.45) is 0 Å². The van der Waals surface area contributed by atoms with Gasteiger partial charge in [-0.25, -0.2) is 0 Å². The van der Waals surface area contributed by atoms with Crippen LogP contribution >= 0.6 is 12.2 Å². The fourth-order valence-electron chi connectivity index (χ4n) is 1.66. The van der Waals surface area contributed by atoms with Crippen molar-refractivity contribution in [1.29, 1.82) is 0 Å². The van der Waals surface area contributed by atoms with Crippen LogP contribution in [-0.4, -0.2) is 11.5 Å². The summed E-state index contributed by atoms with van der Waals surface area (Å²) in [6, 6.07) is 20.5. The van der Waals surface area contributed by atoms with Gasteiger partial charge in [-0.15, -0.1) is 0 Å². The lowest BCUT2D eigenvalue weighted by molar-refractivity contribution is 0.875. The molecule has 2 aromatic carbocycles. The Morgan fingerprint density at radius 3 is 2.12 bits per heavy atom. The van der Waals surface area contributed by atoms with Gasteiger partial charge >= 0.3 is 0 Å². The highest BCUT2D eigenvalue weighted by Gasteiger charge is 1.98. The third kappa shape index (κ3) is 3.68. The average Bonchev–Trinajstić information content (AvgIpc) is 2.41. The molecule has 0 aliphatic heterocycles. The molecule has 86 valence electrons. The first-order chi connectivity index (χ1) is 8.36. The van der Waals surface area contributed by atoms with Crippen LogP contribution in [0, 0.1) is 0 Å². The van der Waals surface area contributed by atoms with Gasteiger partial charge in [-0.3, -0.25) is 0 Å². The van der Waals surface area contributed by atoms with Gasteiger partial charge in [-0.05, 0) is 12.0 Å². The molecule has 0 aliphatic carbocycles. The predicted molar refractivity (Wildman–Crippen MR) is 76.3 cm³/mol. The zero-order valence-electron chi connectivity index (χ0n) is 9.60. The van der Waals surface area contributed by atoms with Crippen molar-refractivity contribution in [3.8, 4) is 0 Å². The molecular weight excluding hydrogens is 226 g/mol. The number of thiocarbonyl (C=S) groups is 1. The van der Waals surface area contributed by atoms with Crippen molar-refractivity contribution < 1.29 is 0 Å². The van der Waals surface area contributed by atoms with Gasteiger partial charge in [0.15, 0.2) is 0 Å². The summed E-state index contributed by atoms with van der Waals surface area (Å²) >= 11 is 5.32. The largest absolute Gasteiger partial charge is 0.375 e. The average molecular weight is 241 g/mol. The van der Waals surface area contributed by atoms with Gasteiger partial charge in [0.25, 0.3) is 0 Å². The van der Waals surface area contributed by atoms with Crippen LogP contribution in [0.1, 0.15) is 11.1 Å². The SMILES string of the molecule is S=C(NCCc1ccccc1)c1ccccc1. The first-order valence-electron chi connectivity index (χ1n) is 5.73. The van der Waals surface area contributed by atoms with Crippen LogP contribution in [0.3, 0.4) is 0 Å². The molecule has 0 spiro atoms. The summed E-state index contributed by atoms with van der Waals surface area (Å²) in [5.41, 5.74) is 2.41. The van der Waals surface area contributed by atoms with E-state index in [0.29, 0.717) is 0 Å². The van der Waals surface area contributed by atoms with Gasteiger partial charge in [0.05, 0.1) is 0 Å². The standard InChI is InChI=1S/C15H15NS/c17-15(14-9-5-2-6-10-14)16-12-11-13-7-3-1-4-8-13/h1-10H,11-12H2,(H,16,17). The van der Waals surface area contributed by atoms with Gasteiger partial charge in [-0.1, -0.05) is 72.9 Å². The summed E-state index contributed by atoms with van der Waals surface area (Å²) in [5, 5.41) is 3.28. The predicted octanol–water partition coefficient (Wildman–Crippen LogP) is 3.19. The Bertz CT molecular complexity index is 465. The molecule has 0 heterocycles. The molecule has 0 atom stereocenters. The maximum absolute atomic E-state index is 5.32. The van der Waals surface area contributed by atoms with Crippen LogP contribution < -0.4 is 5.32 Å². The summed E-state index contributed by atoms with van der Waals surface area (Å²) in [6.07, 6.45) is 0.994. The van der Waals surface area contributed by atoms with Crippen molar-refractivity contribution in [1.82, 2.24) is 5.32 Å². The van der Waals surface area contributed by atoms with Gasteiger partial charge in [0.1, 0.15) is 4.99 Å². The molecule has 0 aliphatic rings. The number of nitrogens with one attached hydrogen (secondary N) is 1. The van der Waals surface area contributed by atoms with Crippen LogP contribution in [0.5, 0.6) is 0 Å². The van der Waals surface area contributed by atoms with E-state index in [1.54, 1.807) is 0 Å². The van der Waals surface area contributed by atoms with Crippen LogP contribution in [0.25, 0.3) is 0 Å². The Kier molecular flexibility index (Phi) is 4.28. The first-order valence-corrected chi connectivity index (χ1v) is 6.14. The first kappa shape index (κ1) is 11.8. The molecule has 17 heavy (non-hydrogen) atoms. The fraction of sp³-hybridized carbons (Fsp3) is 0.133. The second-order valence-corrected chi connectivity index (χ2v) is 4.27. The lowest BCUT2D eigenvalue weighted by Gasteiger charge is -2.07. The quantitative estimate of drug-likeness (QED) is 0.825. The van der Waals surface area contributed by atoms with E-state index in [0.717, 1.165) is 23.5 Å². The molecule has 0 radical (unpaired) electrons. The summed E-state index contributed by atoms with van der Waals surface area (Å²) in [6.45, 7) is 0.873. The highest BCUT2D eigenvalue weighted by atomic mass is 32.1. The van der Waals surface area contributed by atoms with Gasteiger partial charge in [0, 0.05) is 12.1 Å². The molecule has 0 amide bonds. The summed E-state index contributed by atoms with van der Waals surface area (Å²) in [7, 11) is 0. The number of hydrogen-bond acceptors (Lipinski definition) is 1. The summed E-state index contributed by atoms with van der Waals surface area (Å²) < 4.78 is 0. The van der Waals surface area contributed by atoms with E-state index in [4.69, 9.17) is 12.2 Å². The highest BCUT2D eigenvalue weighted by molar-refractivity contribution is 7.80. The van der Waals surface area contributed by atoms with E-state index in [2.05, 4.69) is 29.6 Å². The summed E-state index contributed by atoms with van der Waals surface area (Å²) in [5.74, 6) is 0. The van der Waals surface area contributed by atoms with Crippen LogP contribution in [-0.2, 0) is 6.42 Å². The molecule has 1 N–H and O–H groups in total. The van der Waals surface area contributed by atoms with E-state index in [1.807, 2.05) is 36.4 Å². The number of hydrogen-bond donors (Lipinski definition) is 1. The van der Waals surface area contributed by atoms with Gasteiger partial charge < -0.3 is 5.32 Å². The number of rotatable bonds is 4. The Hall–Kier alpha value is -1.67. The molecule has 0 saturated carbocycles. The molecule has 0 saturated heterocycles. The van der Waals surface area contributed by atoms with Crippen molar-refractivity contribution >= 4 is 17.2 Å². The fourth-order valence-corrected chi connectivity index (χ4v) is 1.89. The maximum atomic E-state index is 5.32. The van der Waals surface area contributed by atoms with E-state index >= 15 is 0 Å². The van der Waals surface area contributed by atoms with Crippen LogP contribution in [0.4, 0.5) is 0 Å². The lowest BCUT2D eigenvalue weighted by atomic mass is 10.1. The normalized spacial score (nSPS) is 9.88. The minimum Gasteiger partial charge on any atom is -0.375 e. The zero-order chi connectivity index (χ0) is 11.9. The Morgan fingerprint density at radius 2 is 1.47 bits per heavy atom. The summed E-state index contributed by atoms with van der Waals surface area (Å²) in [4.78, 5) is 0.821. The molecule has 2 heteroatoms. The number of benzene rings is 2. The highest BCUT2D eigenvalue weighted by Crippen LogP contribution is 2.01. The zero-order valence-corrected chi connectivity index (χ0v) is 10.4. The van der Waals surface area contributed by atoms with Crippen LogP contribution in [0.2, 0.25) is 0 Å². The third-order valence-corrected chi connectivity index (χ3v) is 2.96. The van der Waals surface area contributed by atoms with E-state index < -0.39 is 0 Å². The molecule has 0 aromatic heterocycles. The lowest BCUT2D eigenvalue weighted by Crippen LogP contribution is -2.24. The van der Waals surface area contributed by atoms with Crippen molar-refractivity contribution in [3.63, 3.8) is 0 Å². The Labute approximate surface area is 107 Å². The smallest absolute Gasteiger partial charge is 0.106 e. The molecule has 2 aromatic rings. The molecule has 2 rings (SSSR count). The Balaban J connectivity index is 1.82.